The number of nitrogens with zero attached hydrogens (tertiary/aromatic N) is 1. The van der Waals surface area contributed by atoms with E-state index in [1.807, 2.05) is 6.20 Å². The van der Waals surface area contributed by atoms with Gasteiger partial charge < -0.3 is 5.32 Å². The van der Waals surface area contributed by atoms with Crippen molar-refractivity contribution >= 4 is 11.3 Å². The van der Waals surface area contributed by atoms with E-state index in [0.717, 1.165) is 12.5 Å². The van der Waals surface area contributed by atoms with Gasteiger partial charge in [0.05, 0.1) is 0 Å². The SMILES string of the molecule is CCC(NCc1nccs1)C1CCCCC1. The highest BCUT2D eigenvalue weighted by molar-refractivity contribution is 7.09. The molecule has 1 unspecified atom stereocenters. The fourth-order valence-corrected chi connectivity index (χ4v) is 3.31. The standard InChI is InChI=1S/C13H22N2S/c1-2-12(11-6-4-3-5-7-11)15-10-13-14-8-9-16-13/h8-9,11-12,15H,2-7,10H2,1H3. The molecule has 1 saturated carbocycles. The van der Waals surface area contributed by atoms with Gasteiger partial charge in [-0.05, 0) is 25.2 Å². The van der Waals surface area contributed by atoms with E-state index in [9.17, 15) is 0 Å². The van der Waals surface area contributed by atoms with Crippen LogP contribution in [0.5, 0.6) is 0 Å². The van der Waals surface area contributed by atoms with Gasteiger partial charge in [0.1, 0.15) is 5.01 Å². The molecule has 1 aliphatic carbocycles. The Bertz CT molecular complexity index is 278. The molecule has 16 heavy (non-hydrogen) atoms. The molecule has 0 radical (unpaired) electrons. The molecular weight excluding hydrogens is 216 g/mol. The van der Waals surface area contributed by atoms with Crippen molar-refractivity contribution in [2.75, 3.05) is 0 Å². The Kier molecular flexibility index (Phi) is 4.79. The molecule has 0 saturated heterocycles. The minimum Gasteiger partial charge on any atom is -0.307 e. The third kappa shape index (κ3) is 3.29. The van der Waals surface area contributed by atoms with Crippen molar-refractivity contribution in [2.45, 2.75) is 58.0 Å². The lowest BCUT2D eigenvalue weighted by atomic mass is 9.83. The summed E-state index contributed by atoms with van der Waals surface area (Å²) in [4.78, 5) is 4.32. The predicted molar refractivity (Wildman–Crippen MR) is 69.6 cm³/mol. The van der Waals surface area contributed by atoms with Gasteiger partial charge in [-0.2, -0.15) is 0 Å². The molecule has 0 bridgehead atoms. The van der Waals surface area contributed by atoms with Crippen LogP contribution in [0, 0.1) is 5.92 Å². The molecule has 0 amide bonds. The van der Waals surface area contributed by atoms with Crippen LogP contribution in [0.15, 0.2) is 11.6 Å². The Hall–Kier alpha value is -0.410. The van der Waals surface area contributed by atoms with Gasteiger partial charge >= 0.3 is 0 Å². The van der Waals surface area contributed by atoms with Gasteiger partial charge in [0.25, 0.3) is 0 Å². The monoisotopic (exact) mass is 238 g/mol. The predicted octanol–water partition coefficient (Wildman–Crippen LogP) is 3.59. The van der Waals surface area contributed by atoms with Crippen molar-refractivity contribution in [2.24, 2.45) is 5.92 Å². The van der Waals surface area contributed by atoms with Gasteiger partial charge in [-0.25, -0.2) is 4.98 Å². The van der Waals surface area contributed by atoms with Crippen LogP contribution in [0.2, 0.25) is 0 Å². The van der Waals surface area contributed by atoms with Gasteiger partial charge in [-0.3, -0.25) is 0 Å². The largest absolute Gasteiger partial charge is 0.307 e. The van der Waals surface area contributed by atoms with E-state index < -0.39 is 0 Å². The number of thiazole rings is 1. The first-order valence-corrected chi connectivity index (χ1v) is 7.40. The molecule has 90 valence electrons. The van der Waals surface area contributed by atoms with Crippen LogP contribution in [-0.2, 0) is 6.54 Å². The zero-order chi connectivity index (χ0) is 11.2. The lowest BCUT2D eigenvalue weighted by Gasteiger charge is -2.30. The van der Waals surface area contributed by atoms with Crippen LogP contribution in [0.25, 0.3) is 0 Å². The molecule has 1 aliphatic rings. The fourth-order valence-electron chi connectivity index (χ4n) is 2.74. The Balaban J connectivity index is 1.80. The maximum atomic E-state index is 4.32. The fraction of sp³-hybridized carbons (Fsp3) is 0.769. The van der Waals surface area contributed by atoms with E-state index in [1.54, 1.807) is 11.3 Å². The summed E-state index contributed by atoms with van der Waals surface area (Å²) >= 11 is 1.75. The first-order chi connectivity index (χ1) is 7.90. The molecule has 3 heteroatoms. The second-order valence-electron chi connectivity index (χ2n) is 4.72. The highest BCUT2D eigenvalue weighted by Gasteiger charge is 2.21. The zero-order valence-corrected chi connectivity index (χ0v) is 10.9. The van der Waals surface area contributed by atoms with Gasteiger partial charge in [-0.15, -0.1) is 11.3 Å². The molecule has 0 aliphatic heterocycles. The molecule has 0 spiro atoms. The summed E-state index contributed by atoms with van der Waals surface area (Å²) in [6.45, 7) is 3.25. The average Bonchev–Trinajstić information content (AvgIpc) is 2.84. The number of nitrogens with one attached hydrogen (secondary N) is 1. The molecule has 0 aromatic carbocycles. The van der Waals surface area contributed by atoms with Crippen molar-refractivity contribution < 1.29 is 0 Å². The van der Waals surface area contributed by atoms with Gasteiger partial charge in [0, 0.05) is 24.2 Å². The van der Waals surface area contributed by atoms with E-state index in [4.69, 9.17) is 0 Å². The lowest BCUT2D eigenvalue weighted by molar-refractivity contribution is 0.261. The smallest absolute Gasteiger partial charge is 0.106 e. The topological polar surface area (TPSA) is 24.9 Å². The minimum absolute atomic E-state index is 0.698. The summed E-state index contributed by atoms with van der Waals surface area (Å²) in [5, 5.41) is 6.96. The number of hydrogen-bond donors (Lipinski definition) is 1. The Labute approximate surface area is 102 Å². The van der Waals surface area contributed by atoms with E-state index in [0.29, 0.717) is 6.04 Å². The number of rotatable bonds is 5. The Morgan fingerprint density at radius 2 is 2.25 bits per heavy atom. The van der Waals surface area contributed by atoms with Crippen LogP contribution in [0.3, 0.4) is 0 Å². The van der Waals surface area contributed by atoms with E-state index in [2.05, 4.69) is 22.6 Å². The molecule has 1 fully saturated rings. The summed E-state index contributed by atoms with van der Waals surface area (Å²) in [7, 11) is 0. The van der Waals surface area contributed by atoms with E-state index in [1.165, 1.54) is 43.5 Å². The third-order valence-electron chi connectivity index (χ3n) is 3.66. The summed E-state index contributed by atoms with van der Waals surface area (Å²) in [5.41, 5.74) is 0. The third-order valence-corrected chi connectivity index (χ3v) is 4.44. The molecule has 1 heterocycles. The second-order valence-corrected chi connectivity index (χ2v) is 5.70. The van der Waals surface area contributed by atoms with Crippen LogP contribution in [-0.4, -0.2) is 11.0 Å². The molecule has 1 N–H and O–H groups in total. The van der Waals surface area contributed by atoms with Crippen LogP contribution >= 0.6 is 11.3 Å². The van der Waals surface area contributed by atoms with Crippen molar-refractivity contribution in [3.05, 3.63) is 16.6 Å². The number of aromatic nitrogens is 1. The van der Waals surface area contributed by atoms with Crippen molar-refractivity contribution in [1.82, 2.24) is 10.3 Å². The molecular formula is C13H22N2S. The highest BCUT2D eigenvalue weighted by atomic mass is 32.1. The second kappa shape index (κ2) is 6.36. The molecule has 2 nitrogen and oxygen atoms in total. The summed E-state index contributed by atoms with van der Waals surface area (Å²) in [6, 6.07) is 0.698. The quantitative estimate of drug-likeness (QED) is 0.848. The average molecular weight is 238 g/mol. The summed E-state index contributed by atoms with van der Waals surface area (Å²) < 4.78 is 0. The van der Waals surface area contributed by atoms with Gasteiger partial charge in [0.2, 0.25) is 0 Å². The maximum Gasteiger partial charge on any atom is 0.106 e. The first kappa shape index (κ1) is 12.1. The van der Waals surface area contributed by atoms with Crippen molar-refractivity contribution in [1.29, 1.82) is 0 Å². The van der Waals surface area contributed by atoms with Gasteiger partial charge in [0.15, 0.2) is 0 Å². The minimum atomic E-state index is 0.698. The van der Waals surface area contributed by atoms with Crippen LogP contribution in [0.1, 0.15) is 50.5 Å². The molecule has 1 aromatic heterocycles. The normalized spacial score (nSPS) is 19.8. The van der Waals surface area contributed by atoms with E-state index >= 15 is 0 Å². The first-order valence-electron chi connectivity index (χ1n) is 6.52. The molecule has 1 aromatic rings. The summed E-state index contributed by atoms with van der Waals surface area (Å²) in [6.07, 6.45) is 10.3. The zero-order valence-electron chi connectivity index (χ0n) is 10.1. The number of hydrogen-bond acceptors (Lipinski definition) is 3. The van der Waals surface area contributed by atoms with Crippen LogP contribution < -0.4 is 5.32 Å². The lowest BCUT2D eigenvalue weighted by Crippen LogP contribution is -2.36. The van der Waals surface area contributed by atoms with Crippen LogP contribution in [0.4, 0.5) is 0 Å². The molecule has 2 rings (SSSR count). The Morgan fingerprint density at radius 1 is 1.44 bits per heavy atom. The molecule has 1 atom stereocenters. The Morgan fingerprint density at radius 3 is 2.88 bits per heavy atom. The van der Waals surface area contributed by atoms with E-state index in [-0.39, 0.29) is 0 Å². The summed E-state index contributed by atoms with van der Waals surface area (Å²) in [5.74, 6) is 0.902. The van der Waals surface area contributed by atoms with Crippen molar-refractivity contribution in [3.8, 4) is 0 Å². The van der Waals surface area contributed by atoms with Crippen molar-refractivity contribution in [3.63, 3.8) is 0 Å². The maximum absolute atomic E-state index is 4.32. The highest BCUT2D eigenvalue weighted by Crippen LogP contribution is 2.27. The van der Waals surface area contributed by atoms with Gasteiger partial charge in [-0.1, -0.05) is 26.2 Å².